The van der Waals surface area contributed by atoms with Crippen LogP contribution >= 0.6 is 23.8 Å². The zero-order valence-corrected chi connectivity index (χ0v) is 12.8. The summed E-state index contributed by atoms with van der Waals surface area (Å²) in [7, 11) is 1.58. The molecule has 0 saturated carbocycles. The van der Waals surface area contributed by atoms with Crippen LogP contribution in [-0.4, -0.2) is 42.7 Å². The largest absolute Gasteiger partial charge is 0.393 e. The quantitative estimate of drug-likeness (QED) is 0.759. The number of anilines is 1. The van der Waals surface area contributed by atoms with E-state index in [1.807, 2.05) is 0 Å². The highest BCUT2D eigenvalue weighted by Gasteiger charge is 2.13. The molecule has 1 rings (SSSR count). The van der Waals surface area contributed by atoms with Crippen molar-refractivity contribution in [2.45, 2.75) is 6.42 Å². The topological polar surface area (TPSA) is 67.6 Å². The minimum Gasteiger partial charge on any atom is -0.393 e. The maximum absolute atomic E-state index is 12.2. The van der Waals surface area contributed by atoms with Gasteiger partial charge in [0.2, 0.25) is 0 Å². The molecule has 1 aromatic carbocycles. The van der Waals surface area contributed by atoms with Crippen LogP contribution in [0.15, 0.2) is 24.3 Å². The predicted molar refractivity (Wildman–Crippen MR) is 85.3 cm³/mol. The normalized spacial score (nSPS) is 10.1. The second kappa shape index (κ2) is 8.73. The number of ether oxygens (including phenoxy) is 1. The van der Waals surface area contributed by atoms with Crippen LogP contribution in [0, 0.1) is 0 Å². The van der Waals surface area contributed by atoms with E-state index in [0.717, 1.165) is 0 Å². The van der Waals surface area contributed by atoms with E-state index in [-0.39, 0.29) is 6.03 Å². The van der Waals surface area contributed by atoms with Gasteiger partial charge in [-0.25, -0.2) is 4.79 Å². The third kappa shape index (κ3) is 6.18. The number of nitrogens with zero attached hydrogens (tertiary/aromatic N) is 1. The van der Waals surface area contributed by atoms with Gasteiger partial charge in [0.15, 0.2) is 0 Å². The van der Waals surface area contributed by atoms with Crippen molar-refractivity contribution in [2.75, 3.05) is 32.1 Å². The van der Waals surface area contributed by atoms with Gasteiger partial charge in [-0.05, 0) is 18.2 Å². The van der Waals surface area contributed by atoms with Crippen molar-refractivity contribution in [3.8, 4) is 0 Å². The number of carbonyl (C=O) groups excluding carboxylic acids is 1. The monoisotopic (exact) mass is 315 g/mol. The second-order valence-electron chi connectivity index (χ2n) is 4.14. The number of hydrogen-bond acceptors (Lipinski definition) is 3. The van der Waals surface area contributed by atoms with Crippen molar-refractivity contribution in [1.82, 2.24) is 4.90 Å². The van der Waals surface area contributed by atoms with Gasteiger partial charge in [-0.3, -0.25) is 0 Å². The average Bonchev–Trinajstić information content (AvgIpc) is 2.38. The molecule has 0 bridgehead atoms. The molecule has 0 saturated heterocycles. The van der Waals surface area contributed by atoms with E-state index in [2.05, 4.69) is 5.32 Å². The highest BCUT2D eigenvalue weighted by molar-refractivity contribution is 7.80. The van der Waals surface area contributed by atoms with Crippen LogP contribution in [0.1, 0.15) is 6.42 Å². The number of amides is 2. The van der Waals surface area contributed by atoms with E-state index >= 15 is 0 Å². The molecule has 1 aromatic rings. The molecule has 0 fully saturated rings. The summed E-state index contributed by atoms with van der Waals surface area (Å²) in [6.07, 6.45) is 0.474. The molecule has 7 heteroatoms. The van der Waals surface area contributed by atoms with Gasteiger partial charge in [-0.2, -0.15) is 0 Å². The zero-order valence-electron chi connectivity index (χ0n) is 11.3. The summed E-state index contributed by atoms with van der Waals surface area (Å²) < 4.78 is 4.99. The zero-order chi connectivity index (χ0) is 15.0. The lowest BCUT2D eigenvalue weighted by molar-refractivity contribution is 0.156. The van der Waals surface area contributed by atoms with Crippen molar-refractivity contribution >= 4 is 40.5 Å². The number of benzene rings is 1. The van der Waals surface area contributed by atoms with Gasteiger partial charge in [0.1, 0.15) is 0 Å². The molecule has 0 unspecified atom stereocenters. The number of carbonyl (C=O) groups is 1. The van der Waals surface area contributed by atoms with Gasteiger partial charge in [0.25, 0.3) is 0 Å². The lowest BCUT2D eigenvalue weighted by atomic mass is 10.3. The van der Waals surface area contributed by atoms with Gasteiger partial charge < -0.3 is 20.7 Å². The summed E-state index contributed by atoms with van der Waals surface area (Å²) in [5, 5.41) is 3.34. The van der Waals surface area contributed by atoms with Crippen LogP contribution in [0.4, 0.5) is 10.5 Å². The fraction of sp³-hybridized carbons (Fsp3) is 0.385. The van der Waals surface area contributed by atoms with Crippen LogP contribution in [0.2, 0.25) is 5.02 Å². The number of rotatable bonds is 7. The molecule has 20 heavy (non-hydrogen) atoms. The Morgan fingerprint density at radius 2 is 2.25 bits per heavy atom. The van der Waals surface area contributed by atoms with E-state index in [1.54, 1.807) is 36.3 Å². The predicted octanol–water partition coefficient (Wildman–Crippen LogP) is 2.50. The fourth-order valence-electron chi connectivity index (χ4n) is 1.53. The Balaban J connectivity index is 2.63. The smallest absolute Gasteiger partial charge is 0.321 e. The van der Waals surface area contributed by atoms with Crippen LogP contribution < -0.4 is 11.1 Å². The third-order valence-corrected chi connectivity index (χ3v) is 3.00. The Morgan fingerprint density at radius 3 is 2.85 bits per heavy atom. The van der Waals surface area contributed by atoms with Crippen molar-refractivity contribution in [1.29, 1.82) is 0 Å². The van der Waals surface area contributed by atoms with Crippen LogP contribution in [0.3, 0.4) is 0 Å². The maximum atomic E-state index is 12.2. The van der Waals surface area contributed by atoms with E-state index in [9.17, 15) is 4.79 Å². The summed E-state index contributed by atoms with van der Waals surface area (Å²) in [5.41, 5.74) is 6.11. The molecule has 2 amide bonds. The highest BCUT2D eigenvalue weighted by atomic mass is 35.5. The molecule has 3 N–H and O–H groups in total. The highest BCUT2D eigenvalue weighted by Crippen LogP contribution is 2.15. The van der Waals surface area contributed by atoms with E-state index in [1.165, 1.54) is 0 Å². The van der Waals surface area contributed by atoms with Gasteiger partial charge in [-0.15, -0.1) is 0 Å². The van der Waals surface area contributed by atoms with Gasteiger partial charge in [-0.1, -0.05) is 29.9 Å². The molecule has 0 spiro atoms. The van der Waals surface area contributed by atoms with Gasteiger partial charge in [0.05, 0.1) is 11.6 Å². The Morgan fingerprint density at radius 1 is 1.50 bits per heavy atom. The summed E-state index contributed by atoms with van der Waals surface area (Å²) >= 11 is 10.7. The summed E-state index contributed by atoms with van der Waals surface area (Å²) in [6.45, 7) is 1.36. The fourth-order valence-corrected chi connectivity index (χ4v) is 1.81. The number of nitrogens with two attached hydrogens (primary N) is 1. The lowest BCUT2D eigenvalue weighted by Crippen LogP contribution is -2.39. The molecule has 5 nitrogen and oxygen atoms in total. The SMILES string of the molecule is COCCN(CCC(N)=S)C(=O)Nc1cccc(Cl)c1. The van der Waals surface area contributed by atoms with E-state index < -0.39 is 0 Å². The number of nitrogens with one attached hydrogen (secondary N) is 1. The Kier molecular flexibility index (Phi) is 7.28. The molecule has 0 aliphatic carbocycles. The Hall–Kier alpha value is -1.37. The standard InChI is InChI=1S/C13H18ClN3O2S/c1-19-8-7-17(6-5-12(15)20)13(18)16-11-4-2-3-10(14)9-11/h2-4,9H,5-8H2,1H3,(H2,15,20)(H,16,18). The number of hydrogen-bond donors (Lipinski definition) is 2. The molecule has 0 aliphatic rings. The maximum Gasteiger partial charge on any atom is 0.321 e. The van der Waals surface area contributed by atoms with E-state index in [4.69, 9.17) is 34.3 Å². The van der Waals surface area contributed by atoms with E-state index in [0.29, 0.717) is 41.8 Å². The first kappa shape index (κ1) is 16.7. The van der Waals surface area contributed by atoms with Gasteiger partial charge in [0, 0.05) is 37.3 Å². The molecule has 0 atom stereocenters. The molecule has 0 heterocycles. The van der Waals surface area contributed by atoms with Crippen molar-refractivity contribution < 1.29 is 9.53 Å². The van der Waals surface area contributed by atoms with Crippen molar-refractivity contribution in [3.63, 3.8) is 0 Å². The molecule has 0 aliphatic heterocycles. The van der Waals surface area contributed by atoms with Gasteiger partial charge >= 0.3 is 6.03 Å². The summed E-state index contributed by atoms with van der Waals surface area (Å²) in [6, 6.07) is 6.73. The number of halogens is 1. The molecule has 0 radical (unpaired) electrons. The average molecular weight is 316 g/mol. The molecular weight excluding hydrogens is 298 g/mol. The van der Waals surface area contributed by atoms with Crippen LogP contribution in [0.25, 0.3) is 0 Å². The number of thiocarbonyl (C=S) groups is 1. The minimum atomic E-state index is -0.236. The Labute approximate surface area is 129 Å². The first-order chi connectivity index (χ1) is 9.52. The first-order valence-electron chi connectivity index (χ1n) is 6.11. The molecular formula is C13H18ClN3O2S. The minimum absolute atomic E-state index is 0.236. The summed E-state index contributed by atoms with van der Waals surface area (Å²) in [4.78, 5) is 14.2. The van der Waals surface area contributed by atoms with Crippen molar-refractivity contribution in [3.05, 3.63) is 29.3 Å². The molecule has 0 aromatic heterocycles. The summed E-state index contributed by atoms with van der Waals surface area (Å²) in [5.74, 6) is 0. The number of methoxy groups -OCH3 is 1. The Bertz CT molecular complexity index is 471. The van der Waals surface area contributed by atoms with Crippen molar-refractivity contribution in [2.24, 2.45) is 5.73 Å². The first-order valence-corrected chi connectivity index (χ1v) is 6.90. The number of urea groups is 1. The van der Waals surface area contributed by atoms with Crippen LogP contribution in [-0.2, 0) is 4.74 Å². The lowest BCUT2D eigenvalue weighted by Gasteiger charge is -2.22. The second-order valence-corrected chi connectivity index (χ2v) is 5.10. The molecule has 110 valence electrons. The van der Waals surface area contributed by atoms with Crippen LogP contribution in [0.5, 0.6) is 0 Å². The third-order valence-electron chi connectivity index (χ3n) is 2.56.